The molecule has 0 aromatic rings. The maximum Gasteiger partial charge on any atom is 0.0795 e. The Labute approximate surface area is 86.1 Å². The lowest BCUT2D eigenvalue weighted by Crippen LogP contribution is -2.34. The molecule has 1 aliphatic heterocycles. The molecule has 0 aromatic carbocycles. The van der Waals surface area contributed by atoms with Gasteiger partial charge in [0.25, 0.3) is 0 Å². The van der Waals surface area contributed by atoms with Crippen LogP contribution < -0.4 is 10.6 Å². The van der Waals surface area contributed by atoms with Crippen molar-refractivity contribution in [1.29, 1.82) is 0 Å². The van der Waals surface area contributed by atoms with Gasteiger partial charge < -0.3 is 15.7 Å². The van der Waals surface area contributed by atoms with Crippen LogP contribution in [0.2, 0.25) is 0 Å². The molecule has 0 aliphatic carbocycles. The predicted octanol–water partition coefficient (Wildman–Crippen LogP) is 0.164. The summed E-state index contributed by atoms with van der Waals surface area (Å²) in [6, 6.07) is 0. The average molecular weight is 217 g/mol. The number of rotatable bonds is 3. The summed E-state index contributed by atoms with van der Waals surface area (Å²) in [5.41, 5.74) is -0.428. The van der Waals surface area contributed by atoms with E-state index in [-0.39, 0.29) is 24.8 Å². The van der Waals surface area contributed by atoms with Gasteiger partial charge in [-0.3, -0.25) is 0 Å². The van der Waals surface area contributed by atoms with Gasteiger partial charge in [-0.1, -0.05) is 0 Å². The molecule has 1 rings (SSSR count). The van der Waals surface area contributed by atoms with E-state index in [0.29, 0.717) is 0 Å². The van der Waals surface area contributed by atoms with Crippen LogP contribution in [0, 0.1) is 0 Å². The second-order valence-corrected chi connectivity index (χ2v) is 3.00. The van der Waals surface area contributed by atoms with E-state index in [1.807, 2.05) is 7.05 Å². The van der Waals surface area contributed by atoms with Crippen LogP contribution in [-0.4, -0.2) is 37.4 Å². The number of halogens is 2. The smallest absolute Gasteiger partial charge is 0.0795 e. The molecule has 0 saturated carbocycles. The molecule has 0 bridgehead atoms. The molecular weight excluding hydrogens is 199 g/mol. The van der Waals surface area contributed by atoms with Crippen molar-refractivity contribution in [3.8, 4) is 0 Å². The molecule has 3 nitrogen and oxygen atoms in total. The third kappa shape index (κ3) is 4.48. The van der Waals surface area contributed by atoms with Crippen molar-refractivity contribution in [3.05, 3.63) is 0 Å². The average Bonchev–Trinajstić information content (AvgIpc) is 2.33. The normalized spacial score (nSPS) is 27.5. The summed E-state index contributed by atoms with van der Waals surface area (Å²) >= 11 is 0. The zero-order valence-electron chi connectivity index (χ0n) is 7.30. The number of hydrogen-bond donors (Lipinski definition) is 3. The number of hydrogen-bond acceptors (Lipinski definition) is 3. The van der Waals surface area contributed by atoms with Gasteiger partial charge in [-0.25, -0.2) is 0 Å². The van der Waals surface area contributed by atoms with Crippen LogP contribution in [0.4, 0.5) is 0 Å². The van der Waals surface area contributed by atoms with Gasteiger partial charge in [0, 0.05) is 6.54 Å². The van der Waals surface area contributed by atoms with Crippen molar-refractivity contribution in [1.82, 2.24) is 10.6 Å². The quantitative estimate of drug-likeness (QED) is 0.631. The van der Waals surface area contributed by atoms with E-state index in [1.165, 1.54) is 0 Å². The number of β-amino-alcohol motifs (C(OH)–C–C–N with tert-alkyl or cyclic N) is 1. The van der Waals surface area contributed by atoms with Gasteiger partial charge in [0.1, 0.15) is 0 Å². The Hall–Kier alpha value is 0.460. The van der Waals surface area contributed by atoms with E-state index in [0.717, 1.165) is 32.5 Å². The Bertz CT molecular complexity index is 108. The Kier molecular flexibility index (Phi) is 8.63. The highest BCUT2D eigenvalue weighted by Gasteiger charge is 2.29. The lowest BCUT2D eigenvalue weighted by molar-refractivity contribution is 0.0531. The fraction of sp³-hybridized carbons (Fsp3) is 1.00. The van der Waals surface area contributed by atoms with Crippen LogP contribution in [0.5, 0.6) is 0 Å². The van der Waals surface area contributed by atoms with E-state index in [4.69, 9.17) is 0 Å². The third-order valence-electron chi connectivity index (χ3n) is 2.06. The molecule has 0 amide bonds. The fourth-order valence-electron chi connectivity index (χ4n) is 1.30. The molecular formula is C7H18Cl2N2O. The van der Waals surface area contributed by atoms with Crippen LogP contribution in [0.15, 0.2) is 0 Å². The summed E-state index contributed by atoms with van der Waals surface area (Å²) in [5.74, 6) is 0. The van der Waals surface area contributed by atoms with Gasteiger partial charge in [-0.05, 0) is 33.0 Å². The van der Waals surface area contributed by atoms with Gasteiger partial charge in [0.2, 0.25) is 0 Å². The lowest BCUT2D eigenvalue weighted by Gasteiger charge is -2.20. The minimum absolute atomic E-state index is 0. The zero-order chi connectivity index (χ0) is 7.45. The SMILES string of the molecule is CNCCC1(O)CCNC1.Cl.Cl. The third-order valence-corrected chi connectivity index (χ3v) is 2.06. The number of aliphatic hydroxyl groups is 1. The molecule has 3 N–H and O–H groups in total. The minimum Gasteiger partial charge on any atom is -0.388 e. The van der Waals surface area contributed by atoms with E-state index in [1.54, 1.807) is 0 Å². The Morgan fingerprint density at radius 1 is 1.50 bits per heavy atom. The summed E-state index contributed by atoms with van der Waals surface area (Å²) in [6.45, 7) is 2.62. The van der Waals surface area contributed by atoms with Crippen molar-refractivity contribution >= 4 is 24.8 Å². The van der Waals surface area contributed by atoms with E-state index >= 15 is 0 Å². The van der Waals surface area contributed by atoms with Crippen molar-refractivity contribution in [2.45, 2.75) is 18.4 Å². The Morgan fingerprint density at radius 2 is 2.17 bits per heavy atom. The summed E-state index contributed by atoms with van der Waals surface area (Å²) in [5, 5.41) is 15.9. The molecule has 1 aliphatic rings. The van der Waals surface area contributed by atoms with Crippen LogP contribution in [-0.2, 0) is 0 Å². The molecule has 0 radical (unpaired) electrons. The van der Waals surface area contributed by atoms with Gasteiger partial charge in [-0.2, -0.15) is 0 Å². The second-order valence-electron chi connectivity index (χ2n) is 3.00. The van der Waals surface area contributed by atoms with E-state index in [9.17, 15) is 5.11 Å². The second kappa shape index (κ2) is 6.92. The highest BCUT2D eigenvalue weighted by Crippen LogP contribution is 2.17. The van der Waals surface area contributed by atoms with Gasteiger partial charge in [0.05, 0.1) is 5.60 Å². The van der Waals surface area contributed by atoms with Crippen LogP contribution >= 0.6 is 24.8 Å². The number of nitrogens with one attached hydrogen (secondary N) is 2. The molecule has 1 unspecified atom stereocenters. The van der Waals surface area contributed by atoms with Crippen molar-refractivity contribution in [2.24, 2.45) is 0 Å². The summed E-state index contributed by atoms with van der Waals surface area (Å²) in [4.78, 5) is 0. The van der Waals surface area contributed by atoms with Crippen LogP contribution in [0.1, 0.15) is 12.8 Å². The first-order chi connectivity index (χ1) is 4.77. The maximum absolute atomic E-state index is 9.72. The molecule has 0 aromatic heterocycles. The molecule has 1 fully saturated rings. The molecule has 1 saturated heterocycles. The van der Waals surface area contributed by atoms with Crippen LogP contribution in [0.3, 0.4) is 0 Å². The molecule has 5 heteroatoms. The molecule has 1 atom stereocenters. The van der Waals surface area contributed by atoms with E-state index in [2.05, 4.69) is 10.6 Å². The first-order valence-electron chi connectivity index (χ1n) is 3.84. The molecule has 0 spiro atoms. The summed E-state index contributed by atoms with van der Waals surface area (Å²) in [7, 11) is 1.91. The first-order valence-corrected chi connectivity index (χ1v) is 3.84. The zero-order valence-corrected chi connectivity index (χ0v) is 8.93. The van der Waals surface area contributed by atoms with Crippen molar-refractivity contribution < 1.29 is 5.11 Å². The van der Waals surface area contributed by atoms with Gasteiger partial charge in [0.15, 0.2) is 0 Å². The first kappa shape index (κ1) is 15.0. The molecule has 76 valence electrons. The highest BCUT2D eigenvalue weighted by molar-refractivity contribution is 5.85. The fourth-order valence-corrected chi connectivity index (χ4v) is 1.30. The van der Waals surface area contributed by atoms with E-state index < -0.39 is 5.60 Å². The summed E-state index contributed by atoms with van der Waals surface area (Å²) in [6.07, 6.45) is 1.76. The molecule has 12 heavy (non-hydrogen) atoms. The lowest BCUT2D eigenvalue weighted by atomic mass is 9.99. The largest absolute Gasteiger partial charge is 0.388 e. The molecule has 1 heterocycles. The van der Waals surface area contributed by atoms with Crippen LogP contribution in [0.25, 0.3) is 0 Å². The highest BCUT2D eigenvalue weighted by atomic mass is 35.5. The van der Waals surface area contributed by atoms with Crippen molar-refractivity contribution in [2.75, 3.05) is 26.7 Å². The maximum atomic E-state index is 9.72. The van der Waals surface area contributed by atoms with Crippen molar-refractivity contribution in [3.63, 3.8) is 0 Å². The Balaban J connectivity index is 0. The predicted molar refractivity (Wildman–Crippen MR) is 55.5 cm³/mol. The minimum atomic E-state index is -0.428. The topological polar surface area (TPSA) is 44.3 Å². The standard InChI is InChI=1S/C7H16N2O.2ClH/c1-8-4-2-7(10)3-5-9-6-7;;/h8-10H,2-6H2,1H3;2*1H. The summed E-state index contributed by atoms with van der Waals surface area (Å²) < 4.78 is 0. The monoisotopic (exact) mass is 216 g/mol. The van der Waals surface area contributed by atoms with Gasteiger partial charge in [-0.15, -0.1) is 24.8 Å². The Morgan fingerprint density at radius 3 is 2.58 bits per heavy atom. The van der Waals surface area contributed by atoms with Gasteiger partial charge >= 0.3 is 0 Å².